The first-order valence-corrected chi connectivity index (χ1v) is 7.99. The van der Waals surface area contributed by atoms with Crippen molar-refractivity contribution in [2.45, 2.75) is 65.7 Å². The predicted octanol–water partition coefficient (Wildman–Crippen LogP) is 2.51. The molecule has 4 nitrogen and oxygen atoms in total. The van der Waals surface area contributed by atoms with Crippen molar-refractivity contribution in [3.05, 3.63) is 17.0 Å². The summed E-state index contributed by atoms with van der Waals surface area (Å²) < 4.78 is 2.28. The molecule has 1 aliphatic heterocycles. The normalized spacial score (nSPS) is 16.8. The van der Waals surface area contributed by atoms with Crippen molar-refractivity contribution >= 4 is 0 Å². The summed E-state index contributed by atoms with van der Waals surface area (Å²) in [6.45, 7) is 11.1. The van der Waals surface area contributed by atoms with Crippen LogP contribution in [0.5, 0.6) is 0 Å². The van der Waals surface area contributed by atoms with E-state index in [4.69, 9.17) is 5.10 Å². The summed E-state index contributed by atoms with van der Waals surface area (Å²) in [5.41, 5.74) is 4.26. The molecule has 4 heteroatoms. The average molecular weight is 278 g/mol. The fraction of sp³-hybridized carbons (Fsp3) is 0.812. The van der Waals surface area contributed by atoms with Gasteiger partial charge in [0.15, 0.2) is 0 Å². The minimum Gasteiger partial charge on any atom is -0.303 e. The molecule has 0 saturated heterocycles. The van der Waals surface area contributed by atoms with E-state index in [-0.39, 0.29) is 0 Å². The lowest BCUT2D eigenvalue weighted by atomic mass is 10.1. The van der Waals surface area contributed by atoms with Crippen molar-refractivity contribution in [2.24, 2.45) is 0 Å². The van der Waals surface area contributed by atoms with Crippen LogP contribution in [0.25, 0.3) is 0 Å². The van der Waals surface area contributed by atoms with Crippen LogP contribution in [0.3, 0.4) is 0 Å². The fourth-order valence-electron chi connectivity index (χ4n) is 3.05. The molecule has 2 rings (SSSR count). The summed E-state index contributed by atoms with van der Waals surface area (Å²) in [5.74, 6) is 0. The molecule has 0 bridgehead atoms. The minimum absolute atomic E-state index is 0.614. The first kappa shape index (κ1) is 15.5. The number of aromatic nitrogens is 2. The van der Waals surface area contributed by atoms with Crippen LogP contribution in [0.2, 0.25) is 0 Å². The van der Waals surface area contributed by atoms with E-state index in [1.165, 1.54) is 36.3 Å². The van der Waals surface area contributed by atoms with E-state index in [1.807, 2.05) is 0 Å². The van der Waals surface area contributed by atoms with E-state index in [0.29, 0.717) is 6.04 Å². The molecule has 0 spiro atoms. The Kier molecular flexibility index (Phi) is 5.22. The van der Waals surface area contributed by atoms with Gasteiger partial charge in [-0.3, -0.25) is 9.58 Å². The molecule has 1 aliphatic rings. The van der Waals surface area contributed by atoms with E-state index < -0.39 is 0 Å². The Bertz CT molecular complexity index is 434. The van der Waals surface area contributed by atoms with Gasteiger partial charge in [0, 0.05) is 32.2 Å². The van der Waals surface area contributed by atoms with Crippen LogP contribution >= 0.6 is 0 Å². The van der Waals surface area contributed by atoms with Gasteiger partial charge in [-0.1, -0.05) is 13.3 Å². The van der Waals surface area contributed by atoms with Crippen LogP contribution in [0, 0.1) is 0 Å². The molecule has 1 aromatic rings. The van der Waals surface area contributed by atoms with Gasteiger partial charge in [-0.05, 0) is 46.3 Å². The smallest absolute Gasteiger partial charge is 0.0799 e. The van der Waals surface area contributed by atoms with Gasteiger partial charge in [-0.2, -0.15) is 5.10 Å². The van der Waals surface area contributed by atoms with Gasteiger partial charge >= 0.3 is 0 Å². The predicted molar refractivity (Wildman–Crippen MR) is 83.8 cm³/mol. The lowest BCUT2D eigenvalue weighted by Crippen LogP contribution is -2.30. The molecule has 114 valence electrons. The maximum Gasteiger partial charge on any atom is 0.0799 e. The highest BCUT2D eigenvalue weighted by atomic mass is 15.3. The van der Waals surface area contributed by atoms with E-state index >= 15 is 0 Å². The van der Waals surface area contributed by atoms with Crippen molar-refractivity contribution in [3.8, 4) is 0 Å². The Morgan fingerprint density at radius 3 is 2.60 bits per heavy atom. The number of fused-ring (bicyclic) bond motifs is 1. The first-order valence-electron chi connectivity index (χ1n) is 7.99. The topological polar surface area (TPSA) is 24.3 Å². The maximum absolute atomic E-state index is 4.91. The van der Waals surface area contributed by atoms with Crippen LogP contribution in [0.15, 0.2) is 0 Å². The zero-order chi connectivity index (χ0) is 14.7. The van der Waals surface area contributed by atoms with E-state index in [1.54, 1.807) is 0 Å². The van der Waals surface area contributed by atoms with Gasteiger partial charge in [0.2, 0.25) is 0 Å². The number of rotatable bonds is 5. The Morgan fingerprint density at radius 2 is 2.00 bits per heavy atom. The lowest BCUT2D eigenvalue weighted by Gasteiger charge is -2.24. The monoisotopic (exact) mass is 278 g/mol. The summed E-state index contributed by atoms with van der Waals surface area (Å²) in [5, 5.41) is 4.91. The van der Waals surface area contributed by atoms with Crippen molar-refractivity contribution in [1.29, 1.82) is 0 Å². The Labute approximate surface area is 123 Å². The van der Waals surface area contributed by atoms with Crippen LogP contribution in [-0.2, 0) is 26.1 Å². The maximum atomic E-state index is 4.91. The fourth-order valence-corrected chi connectivity index (χ4v) is 3.05. The minimum atomic E-state index is 0.614. The molecule has 0 N–H and O–H groups in total. The Hall–Kier alpha value is -0.870. The van der Waals surface area contributed by atoms with Crippen LogP contribution in [0.1, 0.15) is 50.6 Å². The third-order valence-electron chi connectivity index (χ3n) is 4.11. The van der Waals surface area contributed by atoms with Gasteiger partial charge in [0.1, 0.15) is 0 Å². The molecule has 0 atom stereocenters. The van der Waals surface area contributed by atoms with Gasteiger partial charge in [0.25, 0.3) is 0 Å². The zero-order valence-corrected chi connectivity index (χ0v) is 13.8. The highest BCUT2D eigenvalue weighted by molar-refractivity contribution is 5.27. The highest BCUT2D eigenvalue weighted by Crippen LogP contribution is 2.23. The third-order valence-corrected chi connectivity index (χ3v) is 4.11. The van der Waals surface area contributed by atoms with Crippen molar-refractivity contribution in [1.82, 2.24) is 19.6 Å². The molecule has 0 amide bonds. The molecular weight excluding hydrogens is 248 g/mol. The molecule has 20 heavy (non-hydrogen) atoms. The molecule has 0 saturated carbocycles. The number of hydrogen-bond donors (Lipinski definition) is 0. The second-order valence-corrected chi connectivity index (χ2v) is 6.50. The van der Waals surface area contributed by atoms with Gasteiger partial charge in [0.05, 0.1) is 11.4 Å². The third kappa shape index (κ3) is 3.41. The summed E-state index contributed by atoms with van der Waals surface area (Å²) in [6.07, 6.45) is 3.56. The Balaban J connectivity index is 2.33. The molecule has 0 fully saturated rings. The van der Waals surface area contributed by atoms with Crippen LogP contribution in [-0.4, -0.2) is 46.3 Å². The quantitative estimate of drug-likeness (QED) is 0.827. The molecule has 2 heterocycles. The summed E-state index contributed by atoms with van der Waals surface area (Å²) in [4.78, 5) is 4.81. The highest BCUT2D eigenvalue weighted by Gasteiger charge is 2.23. The standard InChI is InChI=1S/C16H30N4/c1-6-8-14-15(11-18(4)5)17-20-10-7-9-19(13(2)3)12-16(14)20/h13H,6-12H2,1-5H3. The van der Waals surface area contributed by atoms with Crippen molar-refractivity contribution in [2.75, 3.05) is 20.6 Å². The number of aryl methyl sites for hydroxylation is 1. The van der Waals surface area contributed by atoms with Crippen molar-refractivity contribution in [3.63, 3.8) is 0 Å². The molecule has 1 aromatic heterocycles. The molecular formula is C16H30N4. The van der Waals surface area contributed by atoms with Crippen LogP contribution < -0.4 is 0 Å². The van der Waals surface area contributed by atoms with Gasteiger partial charge in [-0.15, -0.1) is 0 Å². The van der Waals surface area contributed by atoms with E-state index in [9.17, 15) is 0 Å². The SMILES string of the molecule is CCCc1c(CN(C)C)nn2c1CN(C(C)C)CCC2. The number of nitrogens with zero attached hydrogens (tertiary/aromatic N) is 4. The van der Waals surface area contributed by atoms with E-state index in [0.717, 1.165) is 26.1 Å². The van der Waals surface area contributed by atoms with Crippen molar-refractivity contribution < 1.29 is 0 Å². The summed E-state index contributed by atoms with van der Waals surface area (Å²) in [7, 11) is 4.25. The summed E-state index contributed by atoms with van der Waals surface area (Å²) in [6, 6.07) is 0.614. The molecule has 0 aliphatic carbocycles. The zero-order valence-electron chi connectivity index (χ0n) is 13.8. The first-order chi connectivity index (χ1) is 9.52. The molecule has 0 aromatic carbocycles. The molecule has 0 unspecified atom stereocenters. The van der Waals surface area contributed by atoms with Gasteiger partial charge < -0.3 is 4.90 Å². The second-order valence-electron chi connectivity index (χ2n) is 6.50. The second kappa shape index (κ2) is 6.72. The van der Waals surface area contributed by atoms with Gasteiger partial charge in [-0.25, -0.2) is 0 Å². The lowest BCUT2D eigenvalue weighted by molar-refractivity contribution is 0.216. The number of hydrogen-bond acceptors (Lipinski definition) is 3. The van der Waals surface area contributed by atoms with E-state index in [2.05, 4.69) is 49.3 Å². The summed E-state index contributed by atoms with van der Waals surface area (Å²) >= 11 is 0. The molecule has 0 radical (unpaired) electrons. The largest absolute Gasteiger partial charge is 0.303 e. The van der Waals surface area contributed by atoms with Crippen LogP contribution in [0.4, 0.5) is 0 Å². The Morgan fingerprint density at radius 1 is 1.25 bits per heavy atom. The average Bonchev–Trinajstić information content (AvgIpc) is 2.57.